The quantitative estimate of drug-likeness (QED) is 0.373. The zero-order valence-electron chi connectivity index (χ0n) is 7.63. The minimum Gasteiger partial charge on any atom is -0.457 e. The Kier molecular flexibility index (Phi) is 5.52. The molecule has 0 bridgehead atoms. The lowest BCUT2D eigenvalue weighted by Gasteiger charge is -2.08. The fourth-order valence-corrected chi connectivity index (χ4v) is 0.661. The van der Waals surface area contributed by atoms with Crippen molar-refractivity contribution in [2.45, 2.75) is 19.4 Å². The molecule has 2 nitrogen and oxygen atoms in total. The van der Waals surface area contributed by atoms with Crippen LogP contribution in [0.15, 0.2) is 37.2 Å². The molecule has 1 atom stereocenters. The summed E-state index contributed by atoms with van der Waals surface area (Å²) in [6, 6.07) is 0. The van der Waals surface area contributed by atoms with Crippen LogP contribution in [0.1, 0.15) is 13.3 Å². The molecule has 3 heteroatoms. The third-order valence-corrected chi connectivity index (χ3v) is 1.27. The van der Waals surface area contributed by atoms with Crippen molar-refractivity contribution in [1.29, 1.82) is 0 Å². The van der Waals surface area contributed by atoms with E-state index in [2.05, 4.69) is 17.9 Å². The number of ether oxygens (including phenoxy) is 1. The van der Waals surface area contributed by atoms with Crippen LogP contribution < -0.4 is 0 Å². The lowest BCUT2D eigenvalue weighted by Crippen LogP contribution is -2.13. The van der Waals surface area contributed by atoms with Gasteiger partial charge in [-0.3, -0.25) is 0 Å². The molecule has 0 aliphatic heterocycles. The van der Waals surface area contributed by atoms with Crippen molar-refractivity contribution in [1.82, 2.24) is 0 Å². The molecule has 0 fully saturated rings. The highest BCUT2D eigenvalue weighted by Gasteiger charge is 2.10. The van der Waals surface area contributed by atoms with Crippen LogP contribution in [0.5, 0.6) is 0 Å². The fourth-order valence-electron chi connectivity index (χ4n) is 0.661. The van der Waals surface area contributed by atoms with E-state index in [0.717, 1.165) is 0 Å². The summed E-state index contributed by atoms with van der Waals surface area (Å²) in [6.45, 7) is 7.98. The highest BCUT2D eigenvalue weighted by molar-refractivity contribution is 5.85. The number of hydrogen-bond acceptors (Lipinski definition) is 2. The van der Waals surface area contributed by atoms with Crippen molar-refractivity contribution >= 4 is 5.97 Å². The summed E-state index contributed by atoms with van der Waals surface area (Å²) in [6.07, 6.45) is 5.31. The summed E-state index contributed by atoms with van der Waals surface area (Å²) in [5.41, 5.74) is 0. The van der Waals surface area contributed by atoms with E-state index in [9.17, 15) is 9.18 Å². The van der Waals surface area contributed by atoms with Crippen LogP contribution in [-0.2, 0) is 9.53 Å². The van der Waals surface area contributed by atoms with Gasteiger partial charge in [0.2, 0.25) is 5.83 Å². The molecule has 0 spiro atoms. The van der Waals surface area contributed by atoms with Crippen LogP contribution in [0.2, 0.25) is 0 Å². The number of rotatable bonds is 5. The van der Waals surface area contributed by atoms with Gasteiger partial charge >= 0.3 is 5.97 Å². The Bertz CT molecular complexity index is 231. The summed E-state index contributed by atoms with van der Waals surface area (Å²) in [4.78, 5) is 10.6. The van der Waals surface area contributed by atoms with Gasteiger partial charge in [-0.25, -0.2) is 4.79 Å². The van der Waals surface area contributed by atoms with Gasteiger partial charge in [-0.05, 0) is 6.92 Å². The molecule has 0 aliphatic carbocycles. The highest BCUT2D eigenvalue weighted by atomic mass is 19.1. The molecule has 0 rings (SSSR count). The van der Waals surface area contributed by atoms with Crippen LogP contribution in [0.4, 0.5) is 4.39 Å². The predicted molar refractivity (Wildman–Crippen MR) is 49.8 cm³/mol. The third-order valence-electron chi connectivity index (χ3n) is 1.27. The van der Waals surface area contributed by atoms with Gasteiger partial charge in [0.1, 0.15) is 6.10 Å². The summed E-state index contributed by atoms with van der Waals surface area (Å²) >= 11 is 0. The van der Waals surface area contributed by atoms with E-state index in [1.54, 1.807) is 25.2 Å². The molecule has 0 aliphatic rings. The van der Waals surface area contributed by atoms with Crippen molar-refractivity contribution in [2.24, 2.45) is 0 Å². The number of hydrogen-bond donors (Lipinski definition) is 0. The van der Waals surface area contributed by atoms with Crippen LogP contribution in [-0.4, -0.2) is 12.1 Å². The lowest BCUT2D eigenvalue weighted by molar-refractivity contribution is -0.145. The second kappa shape index (κ2) is 6.17. The van der Waals surface area contributed by atoms with Crippen molar-refractivity contribution in [3.05, 3.63) is 37.2 Å². The summed E-state index contributed by atoms with van der Waals surface area (Å²) in [7, 11) is 0. The maximum absolute atomic E-state index is 12.1. The zero-order chi connectivity index (χ0) is 10.3. The number of carbonyl (C=O) groups excluding carboxylic acids is 1. The van der Waals surface area contributed by atoms with Crippen LogP contribution in [0.3, 0.4) is 0 Å². The van der Waals surface area contributed by atoms with E-state index in [0.29, 0.717) is 6.42 Å². The topological polar surface area (TPSA) is 26.3 Å². The van der Waals surface area contributed by atoms with Gasteiger partial charge < -0.3 is 4.74 Å². The molecule has 1 unspecified atom stereocenters. The maximum Gasteiger partial charge on any atom is 0.366 e. The summed E-state index contributed by atoms with van der Waals surface area (Å²) in [5, 5.41) is 0. The molecule has 0 aromatic rings. The van der Waals surface area contributed by atoms with Gasteiger partial charge in [0, 0.05) is 6.42 Å². The number of halogens is 1. The lowest BCUT2D eigenvalue weighted by atomic mass is 10.2. The van der Waals surface area contributed by atoms with Gasteiger partial charge in [-0.1, -0.05) is 31.4 Å². The van der Waals surface area contributed by atoms with E-state index in [1.807, 2.05) is 0 Å². The highest BCUT2D eigenvalue weighted by Crippen LogP contribution is 2.03. The van der Waals surface area contributed by atoms with Gasteiger partial charge in [0.05, 0.1) is 0 Å². The molecule has 0 saturated carbocycles. The zero-order valence-corrected chi connectivity index (χ0v) is 7.63. The molecule has 0 N–H and O–H groups in total. The van der Waals surface area contributed by atoms with Crippen LogP contribution in [0.25, 0.3) is 0 Å². The minimum atomic E-state index is -1.07. The van der Waals surface area contributed by atoms with Gasteiger partial charge in [-0.15, -0.1) is 0 Å². The first kappa shape index (κ1) is 11.6. The Hall–Kier alpha value is -1.38. The Morgan fingerprint density at radius 1 is 1.69 bits per heavy atom. The Balaban J connectivity index is 3.80. The minimum absolute atomic E-state index is 0.351. The van der Waals surface area contributed by atoms with Crippen molar-refractivity contribution in [3.63, 3.8) is 0 Å². The first-order valence-corrected chi connectivity index (χ1v) is 3.91. The van der Waals surface area contributed by atoms with Gasteiger partial charge in [0.15, 0.2) is 0 Å². The maximum atomic E-state index is 12.1. The first-order chi connectivity index (χ1) is 6.07. The Labute approximate surface area is 77.4 Å². The second-order valence-electron chi connectivity index (χ2n) is 2.52. The summed E-state index contributed by atoms with van der Waals surface area (Å²) in [5.74, 6) is -2.07. The average Bonchev–Trinajstić information content (AvgIpc) is 2.04. The van der Waals surface area contributed by atoms with Gasteiger partial charge in [-0.2, -0.15) is 4.39 Å². The molecule has 0 aromatic carbocycles. The van der Waals surface area contributed by atoms with E-state index in [1.165, 1.54) is 0 Å². The number of esters is 1. The molecular formula is C10H13FO2. The standard InChI is InChI=1S/C10H13FO2/c1-4-5-6-7-8(2)13-10(12)9(3)11/h4-6,8H,1,3,7H2,2H3/b6-5+. The largest absolute Gasteiger partial charge is 0.457 e. The molecular weight excluding hydrogens is 171 g/mol. The molecule has 0 aromatic heterocycles. The molecule has 13 heavy (non-hydrogen) atoms. The molecule has 0 heterocycles. The number of allylic oxidation sites excluding steroid dienone is 2. The van der Waals surface area contributed by atoms with Crippen LogP contribution >= 0.6 is 0 Å². The Morgan fingerprint density at radius 3 is 2.77 bits per heavy atom. The molecule has 0 radical (unpaired) electrons. The van der Waals surface area contributed by atoms with E-state index >= 15 is 0 Å². The normalized spacial score (nSPS) is 12.5. The molecule has 0 saturated heterocycles. The second-order valence-corrected chi connectivity index (χ2v) is 2.52. The van der Waals surface area contributed by atoms with Crippen LogP contribution in [0, 0.1) is 0 Å². The summed E-state index contributed by atoms with van der Waals surface area (Å²) < 4.78 is 16.8. The predicted octanol–water partition coefficient (Wildman–Crippen LogP) is 2.53. The average molecular weight is 184 g/mol. The van der Waals surface area contributed by atoms with E-state index in [-0.39, 0.29) is 6.10 Å². The Morgan fingerprint density at radius 2 is 2.31 bits per heavy atom. The molecule has 0 amide bonds. The third kappa shape index (κ3) is 5.84. The smallest absolute Gasteiger partial charge is 0.366 e. The monoisotopic (exact) mass is 184 g/mol. The number of carbonyl (C=O) groups is 1. The van der Waals surface area contributed by atoms with E-state index < -0.39 is 11.8 Å². The SMILES string of the molecule is C=C/C=C/CC(C)OC(=O)C(=C)F. The fraction of sp³-hybridized carbons (Fsp3) is 0.300. The van der Waals surface area contributed by atoms with Crippen molar-refractivity contribution < 1.29 is 13.9 Å². The van der Waals surface area contributed by atoms with E-state index in [4.69, 9.17) is 0 Å². The molecule has 72 valence electrons. The van der Waals surface area contributed by atoms with Gasteiger partial charge in [0.25, 0.3) is 0 Å². The van der Waals surface area contributed by atoms with Crippen molar-refractivity contribution in [3.8, 4) is 0 Å². The first-order valence-electron chi connectivity index (χ1n) is 3.91. The van der Waals surface area contributed by atoms with Crippen molar-refractivity contribution in [2.75, 3.05) is 0 Å².